The summed E-state index contributed by atoms with van der Waals surface area (Å²) in [4.78, 5) is 44.0. The van der Waals surface area contributed by atoms with E-state index in [2.05, 4.69) is 10.2 Å². The molecule has 0 atom stereocenters. The second kappa shape index (κ2) is 12.9. The molecule has 0 radical (unpaired) electrons. The van der Waals surface area contributed by atoms with Gasteiger partial charge in [0.05, 0.1) is 45.1 Å². The number of ether oxygens (including phenoxy) is 4. The molecule has 4 heterocycles. The number of pyridine rings is 1. The number of aromatic nitrogens is 1. The van der Waals surface area contributed by atoms with Gasteiger partial charge < -0.3 is 38.6 Å². The average molecular weight is 626 g/mol. The number of rotatable bonds is 5. The number of methoxy groups -OCH3 is 2. The van der Waals surface area contributed by atoms with Crippen molar-refractivity contribution in [3.63, 3.8) is 0 Å². The number of carbonyl (C=O) groups is 2. The summed E-state index contributed by atoms with van der Waals surface area (Å²) in [6, 6.07) is 3.83. The van der Waals surface area contributed by atoms with Crippen molar-refractivity contribution in [3.05, 3.63) is 45.4 Å². The average Bonchev–Trinajstić information content (AvgIpc) is 3.02. The molecule has 3 aliphatic rings. The smallest absolute Gasteiger partial charge is 0.410 e. The van der Waals surface area contributed by atoms with E-state index in [0.29, 0.717) is 56.3 Å². The number of likely N-dealkylation sites (tertiary alicyclic amines) is 1. The van der Waals surface area contributed by atoms with Crippen LogP contribution in [-0.4, -0.2) is 103 Å². The molecule has 1 aromatic heterocycles. The Bertz CT molecular complexity index is 1460. The number of hydrogen-bond donors (Lipinski definition) is 1. The number of piperidine rings is 1. The minimum atomic E-state index is -0.538. The van der Waals surface area contributed by atoms with Crippen LogP contribution in [0.1, 0.15) is 50.3 Å². The standard InChI is InChI=1S/C33H47N5O7/c1-32(2,3)45-31(41)38-14-15-44-33(21-38)9-12-36(13-10-33)19-26-27(42-6)16-22(17-28(26)43-7)24-18-35(5)29(39)25-20-37(30(40)34-4)11-8-23(24)25/h16-18H,8-15,19-21H2,1-7H3,(H,34,40). The summed E-state index contributed by atoms with van der Waals surface area (Å²) >= 11 is 0. The first-order valence-electron chi connectivity index (χ1n) is 15.6. The Labute approximate surface area is 265 Å². The molecule has 5 rings (SSSR count). The fourth-order valence-corrected chi connectivity index (χ4v) is 6.65. The third kappa shape index (κ3) is 6.91. The number of benzene rings is 1. The molecule has 2 fully saturated rings. The van der Waals surface area contributed by atoms with E-state index in [-0.39, 0.29) is 29.8 Å². The van der Waals surface area contributed by atoms with E-state index in [9.17, 15) is 14.4 Å². The predicted molar refractivity (Wildman–Crippen MR) is 170 cm³/mol. The first-order chi connectivity index (χ1) is 21.4. The zero-order chi connectivity index (χ0) is 32.5. The number of urea groups is 1. The van der Waals surface area contributed by atoms with Gasteiger partial charge in [0.25, 0.3) is 5.56 Å². The van der Waals surface area contributed by atoms with Gasteiger partial charge in [0.1, 0.15) is 17.1 Å². The lowest BCUT2D eigenvalue weighted by molar-refractivity contribution is -0.134. The first-order valence-corrected chi connectivity index (χ1v) is 15.6. The van der Waals surface area contributed by atoms with Gasteiger partial charge in [-0.05, 0) is 63.3 Å². The van der Waals surface area contributed by atoms with Gasteiger partial charge in [-0.25, -0.2) is 9.59 Å². The number of morpholine rings is 1. The molecule has 246 valence electrons. The van der Waals surface area contributed by atoms with Crippen molar-refractivity contribution in [1.82, 2.24) is 24.6 Å². The number of amides is 3. The molecule has 3 aliphatic heterocycles. The lowest BCUT2D eigenvalue weighted by atomic mass is 9.89. The summed E-state index contributed by atoms with van der Waals surface area (Å²) in [7, 11) is 6.65. The van der Waals surface area contributed by atoms with Gasteiger partial charge in [-0.15, -0.1) is 0 Å². The molecule has 12 heteroatoms. The normalized spacial score (nSPS) is 18.4. The number of fused-ring (bicyclic) bond motifs is 1. The minimum absolute atomic E-state index is 0.100. The third-order valence-electron chi connectivity index (χ3n) is 9.04. The highest BCUT2D eigenvalue weighted by atomic mass is 16.6. The van der Waals surface area contributed by atoms with E-state index in [4.69, 9.17) is 18.9 Å². The molecule has 12 nitrogen and oxygen atoms in total. The lowest BCUT2D eigenvalue weighted by Crippen LogP contribution is -2.58. The zero-order valence-corrected chi connectivity index (χ0v) is 27.7. The van der Waals surface area contributed by atoms with E-state index < -0.39 is 5.60 Å². The topological polar surface area (TPSA) is 115 Å². The fraction of sp³-hybridized carbons (Fsp3) is 0.606. The highest BCUT2D eigenvalue weighted by Gasteiger charge is 2.42. The lowest BCUT2D eigenvalue weighted by Gasteiger charge is -2.47. The number of aryl methyl sites for hydroxylation is 1. The fourth-order valence-electron chi connectivity index (χ4n) is 6.65. The first kappa shape index (κ1) is 32.6. The molecular formula is C33H47N5O7. The Morgan fingerprint density at radius 1 is 1.00 bits per heavy atom. The van der Waals surface area contributed by atoms with Crippen LogP contribution in [-0.2, 0) is 36.0 Å². The summed E-state index contributed by atoms with van der Waals surface area (Å²) < 4.78 is 25.3. The zero-order valence-electron chi connectivity index (χ0n) is 27.7. The maximum Gasteiger partial charge on any atom is 0.410 e. The number of hydrogen-bond acceptors (Lipinski definition) is 8. The van der Waals surface area contributed by atoms with Crippen LogP contribution in [0.15, 0.2) is 23.1 Å². The third-order valence-corrected chi connectivity index (χ3v) is 9.04. The molecule has 0 saturated carbocycles. The van der Waals surface area contributed by atoms with Crippen LogP contribution in [0, 0.1) is 0 Å². The molecular weight excluding hydrogens is 578 g/mol. The highest BCUT2D eigenvalue weighted by molar-refractivity contribution is 5.76. The van der Waals surface area contributed by atoms with E-state index in [1.54, 1.807) is 42.7 Å². The quantitative estimate of drug-likeness (QED) is 0.538. The van der Waals surface area contributed by atoms with Crippen LogP contribution < -0.4 is 20.3 Å². The number of nitrogens with zero attached hydrogens (tertiary/aromatic N) is 4. The van der Waals surface area contributed by atoms with Crippen LogP contribution in [0.25, 0.3) is 11.1 Å². The van der Waals surface area contributed by atoms with E-state index in [0.717, 1.165) is 48.2 Å². The summed E-state index contributed by atoms with van der Waals surface area (Å²) in [5.41, 5.74) is 3.33. The summed E-state index contributed by atoms with van der Waals surface area (Å²) in [6.45, 7) is 10.2. The van der Waals surface area contributed by atoms with Gasteiger partial charge in [0.15, 0.2) is 0 Å². The predicted octanol–water partition coefficient (Wildman–Crippen LogP) is 3.37. The van der Waals surface area contributed by atoms with Crippen molar-refractivity contribution in [2.24, 2.45) is 7.05 Å². The molecule has 1 aromatic carbocycles. The van der Waals surface area contributed by atoms with Gasteiger partial charge in [-0.3, -0.25) is 9.69 Å². The van der Waals surface area contributed by atoms with Crippen LogP contribution in [0.2, 0.25) is 0 Å². The molecule has 2 aromatic rings. The van der Waals surface area contributed by atoms with E-state index in [1.165, 1.54) is 0 Å². The summed E-state index contributed by atoms with van der Waals surface area (Å²) in [5, 5.41) is 2.66. The SMILES string of the molecule is CNC(=O)N1CCc2c(-c3cc(OC)c(CN4CCC5(CC4)CN(C(=O)OC(C)(C)C)CCO5)c(OC)c3)cn(C)c(=O)c2C1. The molecule has 0 bridgehead atoms. The molecule has 3 amide bonds. The van der Waals surface area contributed by atoms with Crippen molar-refractivity contribution in [3.8, 4) is 22.6 Å². The monoisotopic (exact) mass is 625 g/mol. The van der Waals surface area contributed by atoms with Crippen LogP contribution in [0.5, 0.6) is 11.5 Å². The molecule has 0 unspecified atom stereocenters. The van der Waals surface area contributed by atoms with Gasteiger partial charge >= 0.3 is 12.1 Å². The van der Waals surface area contributed by atoms with Crippen molar-refractivity contribution in [1.29, 1.82) is 0 Å². The molecule has 0 aliphatic carbocycles. The number of nitrogens with one attached hydrogen (secondary N) is 1. The molecule has 1 spiro atoms. The van der Waals surface area contributed by atoms with Crippen molar-refractivity contribution in [2.75, 3.05) is 60.6 Å². The Kier molecular flexibility index (Phi) is 9.36. The van der Waals surface area contributed by atoms with Gasteiger partial charge in [0, 0.05) is 64.1 Å². The Morgan fingerprint density at radius 2 is 1.67 bits per heavy atom. The van der Waals surface area contributed by atoms with E-state index >= 15 is 0 Å². The van der Waals surface area contributed by atoms with Crippen molar-refractivity contribution < 1.29 is 28.5 Å². The Morgan fingerprint density at radius 3 is 2.27 bits per heavy atom. The highest BCUT2D eigenvalue weighted by Crippen LogP contribution is 2.39. The van der Waals surface area contributed by atoms with Crippen LogP contribution in [0.4, 0.5) is 9.59 Å². The summed E-state index contributed by atoms with van der Waals surface area (Å²) in [5.74, 6) is 1.42. The van der Waals surface area contributed by atoms with Gasteiger partial charge in [-0.2, -0.15) is 0 Å². The van der Waals surface area contributed by atoms with E-state index in [1.807, 2.05) is 39.1 Å². The second-order valence-electron chi connectivity index (χ2n) is 13.2. The largest absolute Gasteiger partial charge is 0.496 e. The van der Waals surface area contributed by atoms with Gasteiger partial charge in [0.2, 0.25) is 0 Å². The molecule has 45 heavy (non-hydrogen) atoms. The Balaban J connectivity index is 1.35. The number of carbonyl (C=O) groups excluding carboxylic acids is 2. The Hall–Kier alpha value is -3.77. The van der Waals surface area contributed by atoms with Gasteiger partial charge in [-0.1, -0.05) is 0 Å². The minimum Gasteiger partial charge on any atom is -0.496 e. The van der Waals surface area contributed by atoms with Crippen molar-refractivity contribution >= 4 is 12.1 Å². The van der Waals surface area contributed by atoms with Crippen LogP contribution in [0.3, 0.4) is 0 Å². The summed E-state index contributed by atoms with van der Waals surface area (Å²) in [6.07, 6.45) is 3.74. The molecule has 2 saturated heterocycles. The second-order valence-corrected chi connectivity index (χ2v) is 13.2. The maximum atomic E-state index is 13.1. The molecule has 1 N–H and O–H groups in total. The van der Waals surface area contributed by atoms with Crippen molar-refractivity contribution in [2.45, 2.75) is 64.3 Å². The van der Waals surface area contributed by atoms with Crippen LogP contribution >= 0.6 is 0 Å². The maximum absolute atomic E-state index is 13.1.